The van der Waals surface area contributed by atoms with Gasteiger partial charge >= 0.3 is 0 Å². The quantitative estimate of drug-likeness (QED) is 0.646. The molecule has 8 heteroatoms. The normalized spacial score (nSPS) is 21.0. The Morgan fingerprint density at radius 1 is 1.00 bits per heavy atom. The van der Waals surface area contributed by atoms with Crippen molar-refractivity contribution < 1.29 is 22.7 Å². The van der Waals surface area contributed by atoms with Crippen LogP contribution >= 0.6 is 0 Å². The maximum absolute atomic E-state index is 13.0. The van der Waals surface area contributed by atoms with E-state index >= 15 is 0 Å². The van der Waals surface area contributed by atoms with Crippen molar-refractivity contribution in [3.63, 3.8) is 0 Å². The first-order valence-corrected chi connectivity index (χ1v) is 12.4. The van der Waals surface area contributed by atoms with Gasteiger partial charge in [-0.25, -0.2) is 13.1 Å². The average Bonchev–Trinajstić information content (AvgIpc) is 3.04. The predicted octanol–water partition coefficient (Wildman–Crippen LogP) is 3.16. The number of benzene rings is 2. The fourth-order valence-electron chi connectivity index (χ4n) is 4.64. The largest absolute Gasteiger partial charge is 0.497 e. The number of carbonyl (C=O) groups excluding carboxylic acids is 2. The summed E-state index contributed by atoms with van der Waals surface area (Å²) in [5.41, 5.74) is 2.00. The Labute approximate surface area is 188 Å². The van der Waals surface area contributed by atoms with E-state index in [1.165, 1.54) is 4.90 Å². The monoisotopic (exact) mass is 456 g/mol. The lowest BCUT2D eigenvalue weighted by molar-refractivity contribution is -0.140. The van der Waals surface area contributed by atoms with E-state index in [1.54, 1.807) is 50.4 Å². The van der Waals surface area contributed by atoms with Crippen LogP contribution in [0.25, 0.3) is 0 Å². The van der Waals surface area contributed by atoms with Gasteiger partial charge in [-0.1, -0.05) is 37.1 Å². The molecule has 2 amide bonds. The van der Waals surface area contributed by atoms with Crippen molar-refractivity contribution in [1.29, 1.82) is 0 Å². The van der Waals surface area contributed by atoms with Gasteiger partial charge in [-0.15, -0.1) is 0 Å². The summed E-state index contributed by atoms with van der Waals surface area (Å²) in [6, 6.07) is 12.2. The molecule has 7 nitrogen and oxygen atoms in total. The molecule has 1 heterocycles. The maximum atomic E-state index is 13.0. The van der Waals surface area contributed by atoms with Crippen LogP contribution in [0.1, 0.15) is 42.4 Å². The second-order valence-electron chi connectivity index (χ2n) is 8.54. The lowest BCUT2D eigenvalue weighted by atomic mass is 9.81. The highest BCUT2D eigenvalue weighted by Crippen LogP contribution is 2.38. The number of hydrogen-bond acceptors (Lipinski definition) is 5. The molecule has 1 saturated carbocycles. The molecular formula is C24H28N2O5S. The van der Waals surface area contributed by atoms with E-state index in [0.29, 0.717) is 16.9 Å². The molecule has 1 saturated heterocycles. The molecule has 1 N–H and O–H groups in total. The molecule has 2 fully saturated rings. The van der Waals surface area contributed by atoms with E-state index in [2.05, 4.69) is 4.72 Å². The number of methoxy groups -OCH3 is 1. The second-order valence-corrected chi connectivity index (χ2v) is 10.3. The summed E-state index contributed by atoms with van der Waals surface area (Å²) in [5.74, 6) is -0.0223. The third-order valence-corrected chi connectivity index (χ3v) is 7.96. The average molecular weight is 457 g/mol. The van der Waals surface area contributed by atoms with Crippen LogP contribution in [-0.2, 0) is 32.7 Å². The lowest BCUT2D eigenvalue weighted by Gasteiger charge is -2.19. The highest BCUT2D eigenvalue weighted by molar-refractivity contribution is 7.89. The minimum Gasteiger partial charge on any atom is -0.497 e. The third kappa shape index (κ3) is 4.42. The molecule has 170 valence electrons. The number of likely N-dealkylation sites (tertiary alicyclic amines) is 1. The fraction of sp³-hybridized carbons (Fsp3) is 0.417. The Hall–Kier alpha value is -2.71. The van der Waals surface area contributed by atoms with E-state index in [-0.39, 0.29) is 41.6 Å². The molecule has 2 atom stereocenters. The zero-order valence-corrected chi connectivity index (χ0v) is 19.2. The van der Waals surface area contributed by atoms with Crippen LogP contribution in [0.2, 0.25) is 0 Å². The first-order valence-electron chi connectivity index (χ1n) is 10.9. The minimum absolute atomic E-state index is 0.101. The Morgan fingerprint density at radius 2 is 1.69 bits per heavy atom. The molecule has 1 aliphatic carbocycles. The number of imide groups is 1. The summed E-state index contributed by atoms with van der Waals surface area (Å²) in [6.07, 6.45) is 3.46. The number of nitrogens with one attached hydrogen (secondary N) is 1. The number of hydrogen-bond donors (Lipinski definition) is 1. The van der Waals surface area contributed by atoms with Crippen molar-refractivity contribution in [3.8, 4) is 5.75 Å². The van der Waals surface area contributed by atoms with Crippen molar-refractivity contribution >= 4 is 21.8 Å². The molecule has 0 bridgehead atoms. The smallest absolute Gasteiger partial charge is 0.241 e. The standard InChI is InChI=1S/C24H28N2O5S/c1-16-10-11-18(15-26-23(27)20-8-3-4-9-21(20)24(26)28)13-22(16)32(29,30)25-14-17-6-5-7-19(12-17)31-2/h5-7,10-13,20-21,25H,3-4,8-9,14-15H2,1-2H3. The van der Waals surface area contributed by atoms with Gasteiger partial charge in [-0.3, -0.25) is 14.5 Å². The van der Waals surface area contributed by atoms with Crippen molar-refractivity contribution in [2.24, 2.45) is 11.8 Å². The lowest BCUT2D eigenvalue weighted by Crippen LogP contribution is -2.30. The van der Waals surface area contributed by atoms with Crippen LogP contribution in [0.3, 0.4) is 0 Å². The Balaban J connectivity index is 1.52. The van der Waals surface area contributed by atoms with Crippen LogP contribution in [0, 0.1) is 18.8 Å². The molecular weight excluding hydrogens is 428 g/mol. The van der Waals surface area contributed by atoms with E-state index in [9.17, 15) is 18.0 Å². The number of ether oxygens (including phenoxy) is 1. The minimum atomic E-state index is -3.79. The highest BCUT2D eigenvalue weighted by Gasteiger charge is 2.47. The molecule has 0 radical (unpaired) electrons. The maximum Gasteiger partial charge on any atom is 0.241 e. The van der Waals surface area contributed by atoms with Gasteiger partial charge in [0.1, 0.15) is 5.75 Å². The van der Waals surface area contributed by atoms with E-state index in [4.69, 9.17) is 4.74 Å². The molecule has 2 aliphatic rings. The number of aryl methyl sites for hydroxylation is 1. The fourth-order valence-corrected chi connectivity index (χ4v) is 5.95. The van der Waals surface area contributed by atoms with Gasteiger partial charge in [-0.05, 0) is 54.7 Å². The van der Waals surface area contributed by atoms with Gasteiger partial charge < -0.3 is 4.74 Å². The van der Waals surface area contributed by atoms with Crippen LogP contribution in [-0.4, -0.2) is 32.2 Å². The number of rotatable bonds is 7. The SMILES string of the molecule is COc1cccc(CNS(=O)(=O)c2cc(CN3C(=O)C4CCCCC4C3=O)ccc2C)c1. The van der Waals surface area contributed by atoms with Gasteiger partial charge in [0.05, 0.1) is 30.4 Å². The predicted molar refractivity (Wildman–Crippen MR) is 119 cm³/mol. The van der Waals surface area contributed by atoms with E-state index in [0.717, 1.165) is 31.2 Å². The summed E-state index contributed by atoms with van der Waals surface area (Å²) in [7, 11) is -2.23. The molecule has 0 aromatic heterocycles. The van der Waals surface area contributed by atoms with Gasteiger partial charge in [0.15, 0.2) is 0 Å². The molecule has 2 unspecified atom stereocenters. The van der Waals surface area contributed by atoms with Crippen LogP contribution in [0.5, 0.6) is 5.75 Å². The zero-order valence-electron chi connectivity index (χ0n) is 18.3. The molecule has 4 rings (SSSR count). The first-order chi connectivity index (χ1) is 15.3. The second kappa shape index (κ2) is 9.03. The number of fused-ring (bicyclic) bond motifs is 1. The Morgan fingerprint density at radius 3 is 2.34 bits per heavy atom. The molecule has 2 aromatic carbocycles. The molecule has 32 heavy (non-hydrogen) atoms. The summed E-state index contributed by atoms with van der Waals surface area (Å²) < 4.78 is 33.8. The van der Waals surface area contributed by atoms with Crippen LogP contribution < -0.4 is 9.46 Å². The van der Waals surface area contributed by atoms with Gasteiger partial charge in [0, 0.05) is 6.54 Å². The van der Waals surface area contributed by atoms with Crippen LogP contribution in [0.4, 0.5) is 0 Å². The van der Waals surface area contributed by atoms with E-state index < -0.39 is 10.0 Å². The topological polar surface area (TPSA) is 92.8 Å². The molecule has 2 aromatic rings. The summed E-state index contributed by atoms with van der Waals surface area (Å²) in [5, 5.41) is 0. The first kappa shape index (κ1) is 22.5. The zero-order chi connectivity index (χ0) is 22.9. The van der Waals surface area contributed by atoms with Gasteiger partial charge in [0.2, 0.25) is 21.8 Å². The number of carbonyl (C=O) groups is 2. The Kier molecular flexibility index (Phi) is 6.35. The number of nitrogens with zero attached hydrogens (tertiary/aromatic N) is 1. The van der Waals surface area contributed by atoms with E-state index in [1.807, 2.05) is 6.07 Å². The third-order valence-electron chi connectivity index (χ3n) is 6.42. The number of sulfonamides is 1. The van der Waals surface area contributed by atoms with Crippen molar-refractivity contribution in [2.75, 3.05) is 7.11 Å². The summed E-state index contributed by atoms with van der Waals surface area (Å²) in [6.45, 7) is 1.95. The molecule has 0 spiro atoms. The summed E-state index contributed by atoms with van der Waals surface area (Å²) in [4.78, 5) is 27.0. The Bertz CT molecular complexity index is 1120. The summed E-state index contributed by atoms with van der Waals surface area (Å²) >= 11 is 0. The van der Waals surface area contributed by atoms with Crippen LogP contribution in [0.15, 0.2) is 47.4 Å². The van der Waals surface area contributed by atoms with Gasteiger partial charge in [0.25, 0.3) is 0 Å². The van der Waals surface area contributed by atoms with Crippen molar-refractivity contribution in [2.45, 2.75) is 50.6 Å². The highest BCUT2D eigenvalue weighted by atomic mass is 32.2. The van der Waals surface area contributed by atoms with Gasteiger partial charge in [-0.2, -0.15) is 0 Å². The number of amides is 2. The molecule has 1 aliphatic heterocycles. The van der Waals surface area contributed by atoms with Crippen molar-refractivity contribution in [1.82, 2.24) is 9.62 Å². The van der Waals surface area contributed by atoms with Crippen molar-refractivity contribution in [3.05, 3.63) is 59.2 Å².